The number of amides is 2. The van der Waals surface area contributed by atoms with Gasteiger partial charge in [0.25, 0.3) is 11.8 Å². The van der Waals surface area contributed by atoms with Crippen LogP contribution in [0.3, 0.4) is 0 Å². The van der Waals surface area contributed by atoms with E-state index >= 15 is 0 Å². The van der Waals surface area contributed by atoms with Crippen molar-refractivity contribution >= 4 is 56.2 Å². The Hall–Kier alpha value is -5.83. The van der Waals surface area contributed by atoms with Gasteiger partial charge in [-0.1, -0.05) is 55.5 Å². The SMILES string of the molecule is CCN(C1CCN(CC(=O)O)CC1)S(=O)(=O)c1cccc(C(=O)Nc2[nH]c3ccccc3c2C(=O)Nc2ccc(CCCc3ccc(C(=O)O)cc3)cc2)c1. The average Bonchev–Trinajstić information content (AvgIpc) is 3.54. The van der Waals surface area contributed by atoms with Crippen molar-refractivity contribution in [2.45, 2.75) is 50.0 Å². The van der Waals surface area contributed by atoms with Crippen LogP contribution in [-0.2, 0) is 27.7 Å². The molecule has 13 nitrogen and oxygen atoms in total. The highest BCUT2D eigenvalue weighted by atomic mass is 32.2. The van der Waals surface area contributed by atoms with E-state index in [-0.39, 0.29) is 46.5 Å². The summed E-state index contributed by atoms with van der Waals surface area (Å²) < 4.78 is 29.1. The molecule has 14 heteroatoms. The molecule has 4 aromatic carbocycles. The number of rotatable bonds is 15. The topological polar surface area (TPSA) is 189 Å². The first-order chi connectivity index (χ1) is 26.4. The molecule has 6 rings (SSSR count). The molecule has 1 aromatic heterocycles. The highest BCUT2D eigenvalue weighted by Gasteiger charge is 2.33. The van der Waals surface area contributed by atoms with Gasteiger partial charge in [0.05, 0.1) is 22.6 Å². The maximum Gasteiger partial charge on any atom is 0.335 e. The molecule has 5 aromatic rings. The van der Waals surface area contributed by atoms with Crippen molar-refractivity contribution in [3.05, 3.63) is 125 Å². The molecule has 1 aliphatic rings. The minimum Gasteiger partial charge on any atom is -0.480 e. The monoisotopic (exact) mass is 765 g/mol. The fourth-order valence-corrected chi connectivity index (χ4v) is 8.77. The molecule has 1 aliphatic heterocycles. The molecular formula is C41H43N5O8S. The molecule has 0 saturated carbocycles. The number of aliphatic carboxylic acids is 1. The Bertz CT molecular complexity index is 2300. The van der Waals surface area contributed by atoms with Gasteiger partial charge in [0.2, 0.25) is 10.0 Å². The van der Waals surface area contributed by atoms with E-state index in [9.17, 15) is 27.6 Å². The van der Waals surface area contributed by atoms with Gasteiger partial charge in [0, 0.05) is 47.8 Å². The van der Waals surface area contributed by atoms with E-state index in [4.69, 9.17) is 10.2 Å². The normalized spacial score (nSPS) is 13.9. The zero-order chi connectivity index (χ0) is 39.1. The number of fused-ring (bicyclic) bond motifs is 1. The lowest BCUT2D eigenvalue weighted by atomic mass is 10.0. The second-order valence-corrected chi connectivity index (χ2v) is 15.4. The molecule has 0 atom stereocenters. The summed E-state index contributed by atoms with van der Waals surface area (Å²) in [5.41, 5.74) is 3.88. The number of aromatic nitrogens is 1. The Kier molecular flexibility index (Phi) is 12.1. The number of para-hydroxylation sites is 1. The summed E-state index contributed by atoms with van der Waals surface area (Å²) in [6.07, 6.45) is 3.42. The van der Waals surface area contributed by atoms with Crippen molar-refractivity contribution in [3.63, 3.8) is 0 Å². The van der Waals surface area contributed by atoms with Crippen molar-refractivity contribution < 1.29 is 37.8 Å². The number of benzene rings is 4. The molecule has 0 unspecified atom stereocenters. The Morgan fingerprint density at radius 2 is 1.45 bits per heavy atom. The first-order valence-corrected chi connectivity index (χ1v) is 19.6. The number of piperidine rings is 1. The van der Waals surface area contributed by atoms with Crippen LogP contribution in [0.4, 0.5) is 11.5 Å². The number of anilines is 2. The number of nitrogens with zero attached hydrogens (tertiary/aromatic N) is 2. The van der Waals surface area contributed by atoms with Gasteiger partial charge in [-0.3, -0.25) is 19.3 Å². The smallest absolute Gasteiger partial charge is 0.335 e. The van der Waals surface area contributed by atoms with Crippen LogP contribution in [-0.4, -0.2) is 88.8 Å². The number of carboxylic acids is 2. The van der Waals surface area contributed by atoms with Crippen LogP contribution in [0.25, 0.3) is 10.9 Å². The maximum absolute atomic E-state index is 13.9. The number of carboxylic acid groups (broad SMARTS) is 2. The Balaban J connectivity index is 1.13. The summed E-state index contributed by atoms with van der Waals surface area (Å²) in [5.74, 6) is -2.77. The van der Waals surface area contributed by atoms with Crippen LogP contribution in [0.1, 0.15) is 68.4 Å². The van der Waals surface area contributed by atoms with Gasteiger partial charge < -0.3 is 25.8 Å². The van der Waals surface area contributed by atoms with E-state index in [1.54, 1.807) is 48.2 Å². The number of carbonyl (C=O) groups excluding carboxylic acids is 2. The average molecular weight is 766 g/mol. The number of sulfonamides is 1. The molecule has 0 bridgehead atoms. The lowest BCUT2D eigenvalue weighted by Gasteiger charge is -2.36. The summed E-state index contributed by atoms with van der Waals surface area (Å²) in [7, 11) is -3.99. The number of aromatic amines is 1. The highest BCUT2D eigenvalue weighted by molar-refractivity contribution is 7.89. The number of hydrogen-bond acceptors (Lipinski definition) is 7. The third-order valence-corrected chi connectivity index (χ3v) is 11.9. The molecule has 5 N–H and O–H groups in total. The molecule has 0 radical (unpaired) electrons. The number of nitrogens with one attached hydrogen (secondary N) is 3. The summed E-state index contributed by atoms with van der Waals surface area (Å²) >= 11 is 0. The number of aromatic carboxylic acids is 1. The number of hydrogen-bond donors (Lipinski definition) is 5. The van der Waals surface area contributed by atoms with Gasteiger partial charge >= 0.3 is 11.9 Å². The molecule has 2 heterocycles. The minimum atomic E-state index is -3.99. The van der Waals surface area contributed by atoms with E-state index in [1.807, 2.05) is 36.4 Å². The fraction of sp³-hybridized carbons (Fsp3) is 0.268. The number of aryl methyl sites for hydroxylation is 2. The van der Waals surface area contributed by atoms with E-state index in [2.05, 4.69) is 15.6 Å². The first kappa shape index (κ1) is 38.9. The van der Waals surface area contributed by atoms with Crippen LogP contribution in [0.5, 0.6) is 0 Å². The molecule has 286 valence electrons. The Morgan fingerprint density at radius 1 is 0.800 bits per heavy atom. The second-order valence-electron chi connectivity index (χ2n) is 13.5. The molecule has 1 saturated heterocycles. The fourth-order valence-electron chi connectivity index (χ4n) is 7.03. The zero-order valence-corrected chi connectivity index (χ0v) is 31.1. The highest BCUT2D eigenvalue weighted by Crippen LogP contribution is 2.29. The van der Waals surface area contributed by atoms with E-state index in [0.29, 0.717) is 42.5 Å². The molecule has 0 aliphatic carbocycles. The molecule has 1 fully saturated rings. The van der Waals surface area contributed by atoms with Gasteiger partial charge in [-0.2, -0.15) is 4.31 Å². The molecule has 2 amide bonds. The van der Waals surface area contributed by atoms with Crippen LogP contribution >= 0.6 is 0 Å². The standard InChI is InChI=1S/C41H43N5O8S/c1-2-46(32-21-23-45(24-22-32)26-36(47)48)55(53,54)33-10-6-9-30(25-33)39(49)44-38-37(34-11-3-4-12-35(34)43-38)40(50)42-31-19-15-28(16-20-31)8-5-7-27-13-17-29(18-14-27)41(51)52/h3-4,6,9-20,25,32,43H,2,5,7-8,21-24,26H2,1H3,(H,42,50)(H,44,49)(H,47,48)(H,51,52). The predicted octanol–water partition coefficient (Wildman–Crippen LogP) is 6.11. The van der Waals surface area contributed by atoms with Gasteiger partial charge in [-0.15, -0.1) is 0 Å². The number of H-pyrrole nitrogens is 1. The summed E-state index contributed by atoms with van der Waals surface area (Å²) in [6, 6.07) is 27.0. The van der Waals surface area contributed by atoms with Gasteiger partial charge in [0.15, 0.2) is 0 Å². The lowest BCUT2D eigenvalue weighted by molar-refractivity contribution is -0.138. The predicted molar refractivity (Wildman–Crippen MR) is 209 cm³/mol. The second kappa shape index (κ2) is 17.1. The van der Waals surface area contributed by atoms with Crippen LogP contribution in [0, 0.1) is 0 Å². The van der Waals surface area contributed by atoms with Crippen LogP contribution < -0.4 is 10.6 Å². The van der Waals surface area contributed by atoms with Gasteiger partial charge in [-0.05, 0) is 91.8 Å². The third-order valence-electron chi connectivity index (χ3n) is 9.85. The number of likely N-dealkylation sites (tertiary alicyclic amines) is 1. The summed E-state index contributed by atoms with van der Waals surface area (Å²) in [4.78, 5) is 54.6. The summed E-state index contributed by atoms with van der Waals surface area (Å²) in [6.45, 7) is 2.81. The van der Waals surface area contributed by atoms with Crippen molar-refractivity contribution in [3.8, 4) is 0 Å². The van der Waals surface area contributed by atoms with Crippen LogP contribution in [0.15, 0.2) is 102 Å². The number of carbonyl (C=O) groups is 4. The van der Waals surface area contributed by atoms with Crippen molar-refractivity contribution in [2.24, 2.45) is 0 Å². The molecule has 0 spiro atoms. The quantitative estimate of drug-likeness (QED) is 0.0838. The van der Waals surface area contributed by atoms with Crippen molar-refractivity contribution in [2.75, 3.05) is 36.8 Å². The maximum atomic E-state index is 13.9. The van der Waals surface area contributed by atoms with Crippen molar-refractivity contribution in [1.29, 1.82) is 0 Å². The van der Waals surface area contributed by atoms with E-state index in [0.717, 1.165) is 30.4 Å². The van der Waals surface area contributed by atoms with E-state index in [1.165, 1.54) is 28.6 Å². The largest absolute Gasteiger partial charge is 0.480 e. The molecular weight excluding hydrogens is 723 g/mol. The summed E-state index contributed by atoms with van der Waals surface area (Å²) in [5, 5.41) is 24.5. The lowest BCUT2D eigenvalue weighted by Crippen LogP contribution is -2.48. The van der Waals surface area contributed by atoms with Crippen molar-refractivity contribution in [1.82, 2.24) is 14.2 Å². The van der Waals surface area contributed by atoms with E-state index < -0.39 is 33.8 Å². The Morgan fingerprint density at radius 3 is 2.09 bits per heavy atom. The Labute approximate surface area is 319 Å². The first-order valence-electron chi connectivity index (χ1n) is 18.1. The zero-order valence-electron chi connectivity index (χ0n) is 30.3. The van der Waals surface area contributed by atoms with Gasteiger partial charge in [-0.25, -0.2) is 13.2 Å². The molecule has 55 heavy (non-hydrogen) atoms. The van der Waals surface area contributed by atoms with Gasteiger partial charge in [0.1, 0.15) is 5.82 Å². The third kappa shape index (κ3) is 9.28. The minimum absolute atomic E-state index is 0.0394. The van der Waals surface area contributed by atoms with Crippen LogP contribution in [0.2, 0.25) is 0 Å².